The molecule has 2 heteroatoms. The van der Waals surface area contributed by atoms with Crippen molar-refractivity contribution in [2.45, 2.75) is 65.9 Å². The van der Waals surface area contributed by atoms with E-state index in [-0.39, 0.29) is 0 Å². The van der Waals surface area contributed by atoms with Crippen LogP contribution in [-0.4, -0.2) is 13.2 Å². The number of rotatable bonds is 9. The Morgan fingerprint density at radius 3 is 2.48 bits per heavy atom. The van der Waals surface area contributed by atoms with Crippen molar-refractivity contribution in [2.24, 2.45) is 0 Å². The van der Waals surface area contributed by atoms with Gasteiger partial charge in [0.2, 0.25) is 0 Å². The third-order valence-electron chi connectivity index (χ3n) is 3.75. The van der Waals surface area contributed by atoms with E-state index in [0.29, 0.717) is 6.10 Å². The number of hydrogen-bond donors (Lipinski definition) is 0. The molecule has 0 aliphatic carbocycles. The minimum absolute atomic E-state index is 0.308. The lowest BCUT2D eigenvalue weighted by molar-refractivity contribution is 0.181. The fraction of sp³-hybridized carbons (Fsp3) is 0.579. The number of methoxy groups -OCH3 is 1. The first-order chi connectivity index (χ1) is 10.2. The Labute approximate surface area is 130 Å². The lowest BCUT2D eigenvalue weighted by Crippen LogP contribution is -2.16. The summed E-state index contributed by atoms with van der Waals surface area (Å²) in [5.41, 5.74) is 2.21. The zero-order valence-corrected chi connectivity index (χ0v) is 14.2. The Morgan fingerprint density at radius 2 is 1.90 bits per heavy atom. The second-order valence-corrected chi connectivity index (χ2v) is 5.50. The van der Waals surface area contributed by atoms with Crippen molar-refractivity contribution in [1.82, 2.24) is 0 Å². The average Bonchev–Trinajstić information content (AvgIpc) is 2.49. The first kappa shape index (κ1) is 17.6. The van der Waals surface area contributed by atoms with E-state index >= 15 is 0 Å². The van der Waals surface area contributed by atoms with Crippen molar-refractivity contribution in [2.75, 3.05) is 7.11 Å². The molecule has 0 heterocycles. The highest BCUT2D eigenvalue weighted by Crippen LogP contribution is 2.31. The summed E-state index contributed by atoms with van der Waals surface area (Å²) in [5.74, 6) is 1.88. The van der Waals surface area contributed by atoms with Gasteiger partial charge in [-0.15, -0.1) is 0 Å². The Bertz CT molecular complexity index is 449. The summed E-state index contributed by atoms with van der Waals surface area (Å²) < 4.78 is 11.7. The third-order valence-corrected chi connectivity index (χ3v) is 3.75. The second kappa shape index (κ2) is 9.49. The van der Waals surface area contributed by atoms with Crippen LogP contribution < -0.4 is 9.47 Å². The molecule has 0 N–H and O–H groups in total. The number of benzene rings is 1. The van der Waals surface area contributed by atoms with Gasteiger partial charge in [0, 0.05) is 5.56 Å². The van der Waals surface area contributed by atoms with Gasteiger partial charge in [0.05, 0.1) is 13.2 Å². The first-order valence-corrected chi connectivity index (χ1v) is 8.14. The van der Waals surface area contributed by atoms with Crippen molar-refractivity contribution in [3.05, 3.63) is 29.3 Å². The molecule has 0 fully saturated rings. The molecule has 0 saturated heterocycles. The number of aryl methyl sites for hydroxylation is 1. The molecule has 21 heavy (non-hydrogen) atoms. The van der Waals surface area contributed by atoms with Gasteiger partial charge >= 0.3 is 0 Å². The monoisotopic (exact) mass is 290 g/mol. The summed E-state index contributed by atoms with van der Waals surface area (Å²) in [6, 6.07) is 4.15. The van der Waals surface area contributed by atoms with Crippen LogP contribution in [0.5, 0.6) is 11.5 Å². The molecule has 1 unspecified atom stereocenters. The molecule has 1 aromatic rings. The SMILES string of the molecule is C/C=C/c1cc(OC(CC)CCCCC)c(C)cc1OC. The lowest BCUT2D eigenvalue weighted by Gasteiger charge is -2.20. The van der Waals surface area contributed by atoms with E-state index in [0.717, 1.165) is 35.5 Å². The van der Waals surface area contributed by atoms with Crippen molar-refractivity contribution < 1.29 is 9.47 Å². The molecule has 0 bridgehead atoms. The lowest BCUT2D eigenvalue weighted by atomic mass is 10.1. The molecule has 118 valence electrons. The van der Waals surface area contributed by atoms with Gasteiger partial charge in [-0.1, -0.05) is 38.8 Å². The van der Waals surface area contributed by atoms with Crippen molar-refractivity contribution >= 4 is 6.08 Å². The maximum Gasteiger partial charge on any atom is 0.126 e. The van der Waals surface area contributed by atoms with Crippen molar-refractivity contribution in [3.8, 4) is 11.5 Å². The molecule has 1 atom stereocenters. The molecule has 0 aliphatic rings. The topological polar surface area (TPSA) is 18.5 Å². The van der Waals surface area contributed by atoms with Gasteiger partial charge in [0.1, 0.15) is 11.5 Å². The van der Waals surface area contributed by atoms with E-state index in [1.165, 1.54) is 19.3 Å². The first-order valence-electron chi connectivity index (χ1n) is 8.14. The minimum Gasteiger partial charge on any atom is -0.496 e. The smallest absolute Gasteiger partial charge is 0.126 e. The van der Waals surface area contributed by atoms with E-state index in [2.05, 4.69) is 39.0 Å². The van der Waals surface area contributed by atoms with Gasteiger partial charge in [-0.2, -0.15) is 0 Å². The standard InChI is InChI=1S/C19H30O2/c1-6-9-10-12-17(8-3)21-18-14-16(11-7-2)19(20-5)13-15(18)4/h7,11,13-14,17H,6,8-10,12H2,1-5H3/b11-7+. The molecule has 0 aromatic heterocycles. The molecule has 1 aromatic carbocycles. The van der Waals surface area contributed by atoms with Gasteiger partial charge in [0.25, 0.3) is 0 Å². The Morgan fingerprint density at radius 1 is 1.14 bits per heavy atom. The normalized spacial score (nSPS) is 12.6. The van der Waals surface area contributed by atoms with Crippen LogP contribution in [-0.2, 0) is 0 Å². The fourth-order valence-electron chi connectivity index (χ4n) is 2.44. The van der Waals surface area contributed by atoms with Crippen LogP contribution in [0.2, 0.25) is 0 Å². The fourth-order valence-corrected chi connectivity index (χ4v) is 2.44. The molecule has 0 radical (unpaired) electrons. The van der Waals surface area contributed by atoms with Gasteiger partial charge < -0.3 is 9.47 Å². The second-order valence-electron chi connectivity index (χ2n) is 5.50. The van der Waals surface area contributed by atoms with Crippen LogP contribution in [0.4, 0.5) is 0 Å². The Balaban J connectivity index is 2.87. The predicted molar refractivity (Wildman–Crippen MR) is 91.3 cm³/mol. The highest BCUT2D eigenvalue weighted by atomic mass is 16.5. The van der Waals surface area contributed by atoms with E-state index in [1.54, 1.807) is 7.11 Å². The summed E-state index contributed by atoms with van der Waals surface area (Å²) >= 11 is 0. The quantitative estimate of drug-likeness (QED) is 0.537. The largest absolute Gasteiger partial charge is 0.496 e. The van der Waals surface area contributed by atoms with Gasteiger partial charge in [0.15, 0.2) is 0 Å². The van der Waals surface area contributed by atoms with Crippen LogP contribution >= 0.6 is 0 Å². The van der Waals surface area contributed by atoms with Crippen LogP contribution in [0, 0.1) is 6.92 Å². The molecule has 0 amide bonds. The summed E-state index contributed by atoms with van der Waals surface area (Å²) in [6.07, 6.45) is 10.4. The van der Waals surface area contributed by atoms with E-state index in [4.69, 9.17) is 9.47 Å². The molecule has 0 aliphatic heterocycles. The van der Waals surface area contributed by atoms with Gasteiger partial charge in [-0.05, 0) is 50.8 Å². The van der Waals surface area contributed by atoms with Gasteiger partial charge in [-0.25, -0.2) is 0 Å². The van der Waals surface area contributed by atoms with E-state index in [9.17, 15) is 0 Å². The summed E-state index contributed by atoms with van der Waals surface area (Å²) in [7, 11) is 1.71. The van der Waals surface area contributed by atoms with E-state index < -0.39 is 0 Å². The minimum atomic E-state index is 0.308. The number of unbranched alkanes of at least 4 members (excludes halogenated alkanes) is 2. The molecule has 0 saturated carbocycles. The zero-order chi connectivity index (χ0) is 15.7. The molecule has 1 rings (SSSR count). The average molecular weight is 290 g/mol. The van der Waals surface area contributed by atoms with Crippen LogP contribution in [0.3, 0.4) is 0 Å². The molecular weight excluding hydrogens is 260 g/mol. The number of ether oxygens (including phenoxy) is 2. The highest BCUT2D eigenvalue weighted by Gasteiger charge is 2.12. The molecular formula is C19H30O2. The highest BCUT2D eigenvalue weighted by molar-refractivity contribution is 5.61. The summed E-state index contributed by atoms with van der Waals surface area (Å²) in [6.45, 7) is 8.52. The van der Waals surface area contributed by atoms with Crippen LogP contribution in [0.25, 0.3) is 6.08 Å². The van der Waals surface area contributed by atoms with Crippen LogP contribution in [0.1, 0.15) is 64.0 Å². The number of hydrogen-bond acceptors (Lipinski definition) is 2. The molecule has 2 nitrogen and oxygen atoms in total. The third kappa shape index (κ3) is 5.45. The van der Waals surface area contributed by atoms with Crippen LogP contribution in [0.15, 0.2) is 18.2 Å². The number of allylic oxidation sites excluding steroid dienone is 1. The van der Waals surface area contributed by atoms with E-state index in [1.807, 2.05) is 13.0 Å². The van der Waals surface area contributed by atoms with Gasteiger partial charge in [-0.3, -0.25) is 0 Å². The maximum atomic E-state index is 6.24. The Hall–Kier alpha value is -1.44. The van der Waals surface area contributed by atoms with Crippen molar-refractivity contribution in [3.63, 3.8) is 0 Å². The maximum absolute atomic E-state index is 6.24. The summed E-state index contributed by atoms with van der Waals surface area (Å²) in [4.78, 5) is 0. The predicted octanol–water partition coefficient (Wildman–Crippen LogP) is 5.77. The van der Waals surface area contributed by atoms with Crippen molar-refractivity contribution in [1.29, 1.82) is 0 Å². The zero-order valence-electron chi connectivity index (χ0n) is 14.2. The molecule has 0 spiro atoms. The Kier molecular flexibility index (Phi) is 7.96. The summed E-state index contributed by atoms with van der Waals surface area (Å²) in [5, 5.41) is 0.